The number of hydrazine groups is 1. The molecule has 36 heavy (non-hydrogen) atoms. The molecule has 0 aliphatic carbocycles. The van der Waals surface area contributed by atoms with E-state index in [1.807, 2.05) is 12.1 Å². The van der Waals surface area contributed by atoms with E-state index in [9.17, 15) is 0 Å². The summed E-state index contributed by atoms with van der Waals surface area (Å²) < 4.78 is 23.6. The van der Waals surface area contributed by atoms with Crippen LogP contribution in [0.2, 0.25) is 0 Å². The fourth-order valence-corrected chi connectivity index (χ4v) is 6.25. The number of fused-ring (bicyclic) bond motifs is 1. The van der Waals surface area contributed by atoms with E-state index in [0.29, 0.717) is 22.7 Å². The van der Waals surface area contributed by atoms with Crippen molar-refractivity contribution in [1.29, 1.82) is 0 Å². The maximum Gasteiger partial charge on any atom is 0.203 e. The van der Waals surface area contributed by atoms with Gasteiger partial charge >= 0.3 is 0 Å². The molecule has 0 amide bonds. The second-order valence-corrected chi connectivity index (χ2v) is 10.5. The summed E-state index contributed by atoms with van der Waals surface area (Å²) in [6.45, 7) is 3.10. The van der Waals surface area contributed by atoms with E-state index < -0.39 is 0 Å². The van der Waals surface area contributed by atoms with Gasteiger partial charge in [0.2, 0.25) is 5.13 Å². The average Bonchev–Trinajstić information content (AvgIpc) is 3.35. The predicted octanol–water partition coefficient (Wildman–Crippen LogP) is 5.18. The number of ether oxygens (including phenoxy) is 4. The number of nitrogens with one attached hydrogen (secondary N) is 1. The smallest absolute Gasteiger partial charge is 0.203 e. The Morgan fingerprint density at radius 3 is 2.28 bits per heavy atom. The van der Waals surface area contributed by atoms with E-state index in [1.165, 1.54) is 11.1 Å². The second-order valence-electron chi connectivity index (χ2n) is 9.04. The summed E-state index contributed by atoms with van der Waals surface area (Å²) in [7, 11) is 3.32. The Labute approximate surface area is 220 Å². The fraction of sp³-hybridized carbons (Fsp3) is 0.462. The second kappa shape index (κ2) is 11.2. The molecule has 0 unspecified atom stereocenters. The number of benzene rings is 2. The Hall–Kier alpha value is -2.66. The van der Waals surface area contributed by atoms with Gasteiger partial charge < -0.3 is 24.7 Å². The number of nitrogens with zero attached hydrogens (tertiary/aromatic N) is 2. The SMILES string of the molecule is COc1ccc(C2CCOCC2)cc1N(Nc1nc2c(OC)ccc(C3CCOCC3)c2s1)C(N)=S. The molecule has 3 aromatic rings. The van der Waals surface area contributed by atoms with E-state index in [4.69, 9.17) is 41.9 Å². The molecular formula is C26H32N4O4S2. The van der Waals surface area contributed by atoms with Crippen molar-refractivity contribution in [3.05, 3.63) is 41.5 Å². The number of hydrogen-bond donors (Lipinski definition) is 2. The molecule has 1 aromatic heterocycles. The van der Waals surface area contributed by atoms with Crippen LogP contribution < -0.4 is 25.6 Å². The van der Waals surface area contributed by atoms with Crippen LogP contribution in [-0.2, 0) is 9.47 Å². The molecule has 0 bridgehead atoms. The van der Waals surface area contributed by atoms with Gasteiger partial charge in [-0.3, -0.25) is 5.43 Å². The largest absolute Gasteiger partial charge is 0.494 e. The first kappa shape index (κ1) is 25.0. The van der Waals surface area contributed by atoms with Crippen LogP contribution in [0, 0.1) is 0 Å². The van der Waals surface area contributed by atoms with Crippen LogP contribution in [0.1, 0.15) is 48.6 Å². The zero-order chi connectivity index (χ0) is 25.1. The Balaban J connectivity index is 1.51. The van der Waals surface area contributed by atoms with Crippen molar-refractivity contribution in [2.75, 3.05) is 51.1 Å². The van der Waals surface area contributed by atoms with Gasteiger partial charge in [0.05, 0.1) is 18.9 Å². The minimum atomic E-state index is 0.174. The summed E-state index contributed by atoms with van der Waals surface area (Å²) in [4.78, 5) is 4.89. The molecule has 2 aliphatic heterocycles. The normalized spacial score (nSPS) is 17.2. The molecule has 8 nitrogen and oxygen atoms in total. The molecule has 2 saturated heterocycles. The lowest BCUT2D eigenvalue weighted by Crippen LogP contribution is -2.40. The highest BCUT2D eigenvalue weighted by atomic mass is 32.1. The number of anilines is 2. The lowest BCUT2D eigenvalue weighted by molar-refractivity contribution is 0.0853. The highest BCUT2D eigenvalue weighted by Crippen LogP contribution is 2.42. The van der Waals surface area contributed by atoms with Crippen molar-refractivity contribution in [3.63, 3.8) is 0 Å². The molecule has 2 fully saturated rings. The van der Waals surface area contributed by atoms with Crippen molar-refractivity contribution in [2.45, 2.75) is 37.5 Å². The molecule has 10 heteroatoms. The van der Waals surface area contributed by atoms with Crippen LogP contribution in [0.5, 0.6) is 11.5 Å². The molecule has 0 atom stereocenters. The van der Waals surface area contributed by atoms with E-state index in [2.05, 4.69) is 23.6 Å². The molecule has 0 saturated carbocycles. The molecule has 2 aliphatic rings. The van der Waals surface area contributed by atoms with Gasteiger partial charge in [-0.2, -0.15) is 0 Å². The predicted molar refractivity (Wildman–Crippen MR) is 148 cm³/mol. The number of hydrogen-bond acceptors (Lipinski definition) is 8. The first-order valence-corrected chi connectivity index (χ1v) is 13.5. The molecule has 2 aromatic carbocycles. The van der Waals surface area contributed by atoms with Crippen LogP contribution in [0.15, 0.2) is 30.3 Å². The zero-order valence-corrected chi connectivity index (χ0v) is 22.3. The standard InChI is InChI=1S/C26H32N4O4S2/c1-31-21-5-3-18(16-7-11-33-12-8-16)15-20(21)30(25(27)35)29-26-28-23-22(32-2)6-4-19(24(23)36-26)17-9-13-34-14-10-17/h3-6,15-17H,7-14H2,1-2H3,(H2,27,35)(H,28,29). The van der Waals surface area contributed by atoms with E-state index in [1.54, 1.807) is 30.6 Å². The van der Waals surface area contributed by atoms with Gasteiger partial charge in [-0.05, 0) is 79.1 Å². The number of rotatable bonds is 7. The Bertz CT molecular complexity index is 1220. The van der Waals surface area contributed by atoms with Gasteiger partial charge in [0.25, 0.3) is 0 Å². The van der Waals surface area contributed by atoms with E-state index in [0.717, 1.165) is 73.8 Å². The number of thiazole rings is 1. The van der Waals surface area contributed by atoms with Gasteiger partial charge in [0, 0.05) is 26.4 Å². The van der Waals surface area contributed by atoms with E-state index in [-0.39, 0.29) is 5.11 Å². The maximum atomic E-state index is 6.22. The number of methoxy groups -OCH3 is 2. The van der Waals surface area contributed by atoms with Crippen molar-refractivity contribution in [2.24, 2.45) is 5.73 Å². The van der Waals surface area contributed by atoms with Gasteiger partial charge in [-0.15, -0.1) is 0 Å². The summed E-state index contributed by atoms with van der Waals surface area (Å²) in [6, 6.07) is 10.3. The van der Waals surface area contributed by atoms with Crippen molar-refractivity contribution >= 4 is 49.7 Å². The molecule has 3 N–H and O–H groups in total. The highest BCUT2D eigenvalue weighted by molar-refractivity contribution is 7.80. The van der Waals surface area contributed by atoms with Crippen LogP contribution in [0.25, 0.3) is 10.2 Å². The summed E-state index contributed by atoms with van der Waals surface area (Å²) in [5.41, 5.74) is 13.7. The summed E-state index contributed by atoms with van der Waals surface area (Å²) in [5, 5.41) is 2.53. The topological polar surface area (TPSA) is 91.1 Å². The number of thiocarbonyl (C=S) groups is 1. The molecule has 0 radical (unpaired) electrons. The lowest BCUT2D eigenvalue weighted by atomic mass is 9.91. The van der Waals surface area contributed by atoms with Crippen molar-refractivity contribution < 1.29 is 18.9 Å². The quantitative estimate of drug-likeness (QED) is 0.318. The van der Waals surface area contributed by atoms with Gasteiger partial charge in [0.15, 0.2) is 5.11 Å². The van der Waals surface area contributed by atoms with Crippen LogP contribution in [0.4, 0.5) is 10.8 Å². The first-order valence-electron chi connectivity index (χ1n) is 12.3. The average molecular weight is 529 g/mol. The molecule has 0 spiro atoms. The first-order chi connectivity index (χ1) is 17.6. The monoisotopic (exact) mass is 528 g/mol. The fourth-order valence-electron chi connectivity index (χ4n) is 5.04. The van der Waals surface area contributed by atoms with Crippen LogP contribution >= 0.6 is 23.6 Å². The molecule has 192 valence electrons. The highest BCUT2D eigenvalue weighted by Gasteiger charge is 2.24. The van der Waals surface area contributed by atoms with Crippen LogP contribution in [0.3, 0.4) is 0 Å². The lowest BCUT2D eigenvalue weighted by Gasteiger charge is -2.27. The van der Waals surface area contributed by atoms with Gasteiger partial charge in [0.1, 0.15) is 22.7 Å². The Kier molecular flexibility index (Phi) is 7.76. The third-order valence-electron chi connectivity index (χ3n) is 6.98. The number of nitrogens with two attached hydrogens (primary N) is 1. The Morgan fingerprint density at radius 2 is 1.64 bits per heavy atom. The minimum Gasteiger partial charge on any atom is -0.494 e. The summed E-state index contributed by atoms with van der Waals surface area (Å²) in [5.74, 6) is 2.27. The molecular weight excluding hydrogens is 496 g/mol. The third-order valence-corrected chi connectivity index (χ3v) is 8.17. The van der Waals surface area contributed by atoms with Crippen LogP contribution in [-0.4, -0.2) is 50.7 Å². The summed E-state index contributed by atoms with van der Waals surface area (Å²) in [6.07, 6.45) is 3.96. The molecule has 3 heterocycles. The zero-order valence-electron chi connectivity index (χ0n) is 20.6. The van der Waals surface area contributed by atoms with Crippen molar-refractivity contribution in [3.8, 4) is 11.5 Å². The van der Waals surface area contributed by atoms with Crippen molar-refractivity contribution in [1.82, 2.24) is 4.98 Å². The minimum absolute atomic E-state index is 0.174. The van der Waals surface area contributed by atoms with Gasteiger partial charge in [-0.1, -0.05) is 23.5 Å². The van der Waals surface area contributed by atoms with Gasteiger partial charge in [-0.25, -0.2) is 9.99 Å². The van der Waals surface area contributed by atoms with E-state index >= 15 is 0 Å². The number of aromatic nitrogens is 1. The molecule has 5 rings (SSSR count). The Morgan fingerprint density at radius 1 is 1.00 bits per heavy atom. The summed E-state index contributed by atoms with van der Waals surface area (Å²) >= 11 is 7.04. The third kappa shape index (κ3) is 5.08. The maximum absolute atomic E-state index is 6.22.